The number of hydrogen-bond acceptors (Lipinski definition) is 21. The van der Waals surface area contributed by atoms with Crippen molar-refractivity contribution in [2.45, 2.75) is 25.0 Å². The Bertz CT molecular complexity index is 3160. The average molecular weight is 1410 g/mol. The molecule has 4 aliphatic heterocycles. The predicted octanol–water partition coefficient (Wildman–Crippen LogP) is 2.82. The quantitative estimate of drug-likeness (QED) is 0.0692. The van der Waals surface area contributed by atoms with Gasteiger partial charge in [-0.25, -0.2) is 29.5 Å². The Morgan fingerprint density at radius 2 is 1.19 bits per heavy atom. The maximum absolute atomic E-state index is 12.3. The number of rotatable bonds is 14. The molecule has 6 aromatic rings. The van der Waals surface area contributed by atoms with Crippen LogP contribution in [0.25, 0.3) is 22.3 Å². The monoisotopic (exact) mass is 1410 g/mol. The summed E-state index contributed by atoms with van der Waals surface area (Å²) in [5.41, 5.74) is 7.21. The van der Waals surface area contributed by atoms with Crippen molar-refractivity contribution in [2.75, 3.05) is 79.6 Å². The van der Waals surface area contributed by atoms with E-state index in [1.165, 1.54) is 43.5 Å². The molecule has 397 valence electrons. The Morgan fingerprint density at radius 1 is 0.707 bits per heavy atom. The fraction of sp³-hybridized carbons (Fsp3) is 0.341. The van der Waals surface area contributed by atoms with Gasteiger partial charge < -0.3 is 50.1 Å². The third-order valence-electron chi connectivity index (χ3n) is 10.8. The van der Waals surface area contributed by atoms with Crippen LogP contribution in [0.1, 0.15) is 12.8 Å². The molecule has 0 aromatic carbocycles. The summed E-state index contributed by atoms with van der Waals surface area (Å²) in [6.45, 7) is 2.53. The molecule has 10 rings (SSSR count). The number of carbonyl (C=O) groups is 5. The van der Waals surface area contributed by atoms with Gasteiger partial charge in [0.15, 0.2) is 53.9 Å². The zero-order valence-corrected chi connectivity index (χ0v) is 47.8. The number of fused-ring (bicyclic) bond motifs is 4. The first-order valence-corrected chi connectivity index (χ1v) is 31.3. The summed E-state index contributed by atoms with van der Waals surface area (Å²) in [4.78, 5) is 108. The first-order valence-electron chi connectivity index (χ1n) is 22.3. The van der Waals surface area contributed by atoms with E-state index >= 15 is 0 Å². The van der Waals surface area contributed by atoms with Gasteiger partial charge in [0.05, 0.1) is 25.5 Å². The van der Waals surface area contributed by atoms with Gasteiger partial charge in [-0.3, -0.25) is 42.9 Å². The second-order valence-corrected chi connectivity index (χ2v) is 27.5. The van der Waals surface area contributed by atoms with Gasteiger partial charge in [0, 0.05) is 32.8 Å². The number of nitrogens with one attached hydrogen (secondary N) is 3. The summed E-state index contributed by atoms with van der Waals surface area (Å²) in [7, 11) is 3.86. The van der Waals surface area contributed by atoms with Crippen molar-refractivity contribution in [2.24, 2.45) is 19.8 Å². The molecule has 6 aromatic heterocycles. The number of amides is 4. The van der Waals surface area contributed by atoms with E-state index in [4.69, 9.17) is 34.2 Å². The number of cyclic esters (lactones) is 2. The van der Waals surface area contributed by atoms with Gasteiger partial charge in [-0.2, -0.15) is 9.97 Å². The minimum absolute atomic E-state index is 0. The van der Waals surface area contributed by atoms with Gasteiger partial charge in [-0.15, -0.1) is 24.0 Å². The van der Waals surface area contributed by atoms with E-state index in [2.05, 4.69) is 85.8 Å². The van der Waals surface area contributed by atoms with Crippen molar-refractivity contribution in [1.29, 1.82) is 0 Å². The number of aromatic nitrogens is 8. The van der Waals surface area contributed by atoms with E-state index in [9.17, 15) is 33.6 Å². The van der Waals surface area contributed by atoms with Gasteiger partial charge in [0.1, 0.15) is 48.1 Å². The normalized spacial score (nSPS) is 16.0. The van der Waals surface area contributed by atoms with Gasteiger partial charge in [-0.1, -0.05) is 0 Å². The number of nitrogens with two attached hydrogens (primary N) is 1. The number of aldehydes is 1. The summed E-state index contributed by atoms with van der Waals surface area (Å²) in [5.74, 6) is 2.34. The summed E-state index contributed by atoms with van der Waals surface area (Å²) < 4.78 is 34.6. The Balaban J connectivity index is 0.000000193. The van der Waals surface area contributed by atoms with Gasteiger partial charge in [-0.05, 0) is 62.3 Å². The second-order valence-electron chi connectivity index (χ2n) is 15.7. The first-order chi connectivity index (χ1) is 35.8. The van der Waals surface area contributed by atoms with Crippen molar-refractivity contribution in [3.8, 4) is 23.3 Å². The predicted molar refractivity (Wildman–Crippen MR) is 293 cm³/mol. The van der Waals surface area contributed by atoms with Gasteiger partial charge in [0.25, 0.3) is 22.9 Å². The first kappa shape index (κ1) is 58.2. The molecule has 4 aliphatic rings. The van der Waals surface area contributed by atoms with E-state index in [1.807, 2.05) is 0 Å². The fourth-order valence-electron chi connectivity index (χ4n) is 7.19. The summed E-state index contributed by atoms with van der Waals surface area (Å²) in [6.07, 6.45) is 3.29. The molecule has 2 unspecified atom stereocenters. The Kier molecular flexibility index (Phi) is 21.9. The van der Waals surface area contributed by atoms with Crippen LogP contribution in [0.3, 0.4) is 0 Å². The van der Waals surface area contributed by atoms with Crippen LogP contribution in [-0.4, -0.2) is 141 Å². The molecule has 2 fully saturated rings. The van der Waals surface area contributed by atoms with Crippen molar-refractivity contribution < 1.29 is 61.9 Å². The number of aryl methyl sites for hydroxylation is 2. The third-order valence-corrected chi connectivity index (χ3v) is 10.8. The summed E-state index contributed by atoms with van der Waals surface area (Å²) >= 11 is 4.74. The van der Waals surface area contributed by atoms with E-state index in [0.29, 0.717) is 125 Å². The number of pyridine rings is 4. The summed E-state index contributed by atoms with van der Waals surface area (Å²) in [5, 5.41) is 8.47. The molecule has 4 amide bonds. The second kappa shape index (κ2) is 28.2. The van der Waals surface area contributed by atoms with Crippen LogP contribution < -0.4 is 61.5 Å². The molecular formula is C44H47I3N14O13V. The van der Waals surface area contributed by atoms with Gasteiger partial charge >= 0.3 is 61.6 Å². The zero-order chi connectivity index (χ0) is 52.7. The number of halogens is 3. The standard InChI is InChI=1S/C22H23N7O6.C12H14N4O4.C10H9N3O3.3HI.V/c1-28-19(31)5-2-14-21(28)27-18(10-24-14)33-9-8-23-7-6-13-11-29(22(32)35-13)16-4-3-15-20(25-16)26-17(30)12-34-15;13-4-3-7-5-16(12(18)20-7)9-2-1-8-11(14-9)15-10(17)6-19-8;1-13-9(15)3-2-7-10(13)12-8(6-11-7)16-5-4-14;;;;/h2-5,10,13,23H,6-9,11-12H2,1H3,(H,25,26,30);1-2,7H,3-6,13H2,(H,14,15,17);2-4,6H,5H2,1H3;3*1H;/q;;;;;;+2/p-2. The molecular weight excluding hydrogens is 1360 g/mol. The molecule has 0 bridgehead atoms. The zero-order valence-electron chi connectivity index (χ0n) is 39.8. The van der Waals surface area contributed by atoms with Crippen LogP contribution in [0, 0.1) is 0 Å². The van der Waals surface area contributed by atoms with Crippen molar-refractivity contribution in [3.05, 3.63) is 81.6 Å². The molecule has 0 spiro atoms. The molecule has 10 heterocycles. The third kappa shape index (κ3) is 15.5. The maximum atomic E-state index is 12.3. The molecule has 0 aliphatic carbocycles. The van der Waals surface area contributed by atoms with E-state index in [0.717, 1.165) is 0 Å². The van der Waals surface area contributed by atoms with Crippen LogP contribution in [-0.2, 0) is 47.4 Å². The van der Waals surface area contributed by atoms with Crippen molar-refractivity contribution in [3.63, 3.8) is 0 Å². The Morgan fingerprint density at radius 3 is 1.67 bits per heavy atom. The topological polar surface area (TPSA) is 331 Å². The summed E-state index contributed by atoms with van der Waals surface area (Å²) in [6, 6.07) is 12.7. The molecule has 75 heavy (non-hydrogen) atoms. The van der Waals surface area contributed by atoms with E-state index in [-0.39, 0.29) is 90.6 Å². The molecule has 0 saturated carbocycles. The Labute approximate surface area is 471 Å². The molecule has 5 N–H and O–H groups in total. The SMILES string of the molecule is Cn1c(=O)ccc2ncc(OCC=O)nc21.Cn1c(=O)ccc2ncc(OCCNCCC3CN(c4ccc5c(n4)NC(=O)CO5)C(=O)O3)nc21.I.NCCC1CN(c2ccc3c(n2)NC(=O)CO3)C(=O)O1.[I][V][I]. The van der Waals surface area contributed by atoms with Crippen molar-refractivity contribution in [1.82, 2.24) is 44.4 Å². The average Bonchev–Trinajstić information content (AvgIpc) is 3.97. The van der Waals surface area contributed by atoms with Crippen LogP contribution in [0.2, 0.25) is 0 Å². The van der Waals surface area contributed by atoms with Crippen molar-refractivity contribution >= 4 is 140 Å². The van der Waals surface area contributed by atoms with E-state index in [1.54, 1.807) is 50.5 Å². The van der Waals surface area contributed by atoms with Gasteiger partial charge in [0.2, 0.25) is 11.8 Å². The molecule has 27 nitrogen and oxygen atoms in total. The molecule has 0 radical (unpaired) electrons. The van der Waals surface area contributed by atoms with Crippen LogP contribution in [0.4, 0.5) is 32.9 Å². The number of hydrogen-bond donors (Lipinski definition) is 4. The molecule has 2 atom stereocenters. The number of carbonyl (C=O) groups excluding carboxylic acids is 5. The fourth-order valence-corrected chi connectivity index (χ4v) is 7.19. The molecule has 2 saturated heterocycles. The number of ether oxygens (including phenoxy) is 6. The molecule has 31 heteroatoms. The van der Waals surface area contributed by atoms with Crippen LogP contribution in [0.15, 0.2) is 70.5 Å². The number of nitrogens with zero attached hydrogens (tertiary/aromatic N) is 10. The van der Waals surface area contributed by atoms with E-state index < -0.39 is 12.2 Å². The minimum atomic E-state index is -0.488. The number of anilines is 4. The van der Waals surface area contributed by atoms with Crippen LogP contribution in [0.5, 0.6) is 23.3 Å². The van der Waals surface area contributed by atoms with Crippen LogP contribution >= 0.6 is 63.9 Å². The Hall–Kier alpha value is -6.08.